The van der Waals surface area contributed by atoms with Gasteiger partial charge in [0.2, 0.25) is 0 Å². The average molecular weight is 843 g/mol. The molecule has 0 radical (unpaired) electrons. The Morgan fingerprint density at radius 3 is 1.19 bits per heavy atom. The second kappa shape index (κ2) is 42.1. The maximum Gasteiger partial charge on any atom is 0.472 e. The molecule has 0 amide bonds. The lowest BCUT2D eigenvalue weighted by Crippen LogP contribution is -3.00. The molecular weight excluding hydrogens is 749 g/mol. The third-order valence-electron chi connectivity index (χ3n) is 10.2. The molecule has 0 aromatic heterocycles. The zero-order valence-electron chi connectivity index (χ0n) is 36.2. The quantitative estimate of drug-likeness (QED) is 0.0374. The van der Waals surface area contributed by atoms with Gasteiger partial charge in [-0.05, 0) is 32.1 Å². The van der Waals surface area contributed by atoms with E-state index < -0.39 is 7.82 Å². The number of phosphoric ester groups is 1. The Morgan fingerprint density at radius 1 is 0.453 bits per heavy atom. The second-order valence-electron chi connectivity index (χ2n) is 16.8. The summed E-state index contributed by atoms with van der Waals surface area (Å²) in [7, 11) is 2.48. The molecule has 53 heavy (non-hydrogen) atoms. The van der Waals surface area contributed by atoms with Gasteiger partial charge in [-0.2, -0.15) is 0 Å². The number of hydrogen-bond acceptors (Lipinski definition) is 5. The third kappa shape index (κ3) is 46.7. The fourth-order valence-corrected chi connectivity index (χ4v) is 7.53. The molecule has 0 rings (SSSR count). The molecule has 0 heterocycles. The summed E-state index contributed by atoms with van der Waals surface area (Å²) in [6, 6.07) is 0. The summed E-state index contributed by atoms with van der Waals surface area (Å²) >= 11 is 0. The van der Waals surface area contributed by atoms with Crippen molar-refractivity contribution >= 4 is 7.82 Å². The van der Waals surface area contributed by atoms with Crippen LogP contribution in [0.25, 0.3) is 0 Å². The van der Waals surface area contributed by atoms with Gasteiger partial charge in [0.05, 0.1) is 47.5 Å². The van der Waals surface area contributed by atoms with Crippen LogP contribution in [-0.4, -0.2) is 76.2 Å². The lowest BCUT2D eigenvalue weighted by molar-refractivity contribution is -0.870. The van der Waals surface area contributed by atoms with Crippen LogP contribution in [0.4, 0.5) is 0 Å². The fourth-order valence-electron chi connectivity index (χ4n) is 6.74. The molecule has 1 N–H and O–H groups in total. The second-order valence-corrected chi connectivity index (χ2v) is 18.2. The number of nitrogens with zero attached hydrogens (tertiary/aromatic N) is 1. The van der Waals surface area contributed by atoms with Crippen molar-refractivity contribution in [3.63, 3.8) is 0 Å². The Kier molecular flexibility index (Phi) is 44.1. The van der Waals surface area contributed by atoms with E-state index in [1.165, 1.54) is 161 Å². The van der Waals surface area contributed by atoms with E-state index in [0.29, 0.717) is 19.8 Å². The van der Waals surface area contributed by atoms with Crippen molar-refractivity contribution in [3.8, 4) is 0 Å². The van der Waals surface area contributed by atoms with Crippen LogP contribution in [0.1, 0.15) is 219 Å². The van der Waals surface area contributed by atoms with Crippen molar-refractivity contribution in [1.29, 1.82) is 0 Å². The number of quaternary nitrogens is 1. The molecule has 0 aromatic rings. The summed E-state index contributed by atoms with van der Waals surface area (Å²) in [5.74, 6) is 0. The van der Waals surface area contributed by atoms with Crippen LogP contribution < -0.4 is 17.0 Å². The van der Waals surface area contributed by atoms with Gasteiger partial charge in [0.1, 0.15) is 6.10 Å². The zero-order chi connectivity index (χ0) is 38.3. The van der Waals surface area contributed by atoms with Crippen molar-refractivity contribution in [2.24, 2.45) is 0 Å². The first-order valence-corrected chi connectivity index (χ1v) is 24.3. The van der Waals surface area contributed by atoms with Crippen molar-refractivity contribution < 1.29 is 49.4 Å². The first-order chi connectivity index (χ1) is 25.2. The van der Waals surface area contributed by atoms with Crippen molar-refractivity contribution in [1.82, 2.24) is 0 Å². The van der Waals surface area contributed by atoms with E-state index in [1.807, 2.05) is 0 Å². The molecule has 0 saturated heterocycles. The molecule has 0 spiro atoms. The third-order valence-corrected chi connectivity index (χ3v) is 11.2. The van der Waals surface area contributed by atoms with Crippen LogP contribution in [0.5, 0.6) is 0 Å². The summed E-state index contributed by atoms with van der Waals surface area (Å²) in [6.45, 7) is 7.63. The number of ether oxygens (including phenoxy) is 2. The highest BCUT2D eigenvalue weighted by Gasteiger charge is 2.24. The van der Waals surface area contributed by atoms with Crippen LogP contribution in [0.3, 0.4) is 0 Å². The van der Waals surface area contributed by atoms with E-state index in [-0.39, 0.29) is 36.3 Å². The average Bonchev–Trinajstić information content (AvgIpc) is 3.10. The van der Waals surface area contributed by atoms with Gasteiger partial charge in [0, 0.05) is 13.2 Å². The van der Waals surface area contributed by atoms with Crippen LogP contribution in [0.15, 0.2) is 0 Å². The standard InChI is InChI=1S/C44H92NO6P.BrH/c1-6-8-10-12-14-16-18-20-22-24-26-28-31-35-39-48-42-44(43-51-52(46,47)50-41-37-33-30-34-38-45(3,4)5)49-40-36-32-29-27-25-23-21-19-17-15-13-11-9-7-2;/h44H,6-43H2,1-5H3;1H. The fraction of sp³-hybridized carbons (Fsp3) is 1.00. The Hall–Kier alpha value is 0.470. The smallest absolute Gasteiger partial charge is 0.472 e. The first kappa shape index (κ1) is 55.6. The molecule has 0 aliphatic carbocycles. The summed E-state index contributed by atoms with van der Waals surface area (Å²) in [5.41, 5.74) is 0. The van der Waals surface area contributed by atoms with Gasteiger partial charge in [-0.1, -0.05) is 187 Å². The number of halogens is 1. The van der Waals surface area contributed by atoms with Gasteiger partial charge < -0.3 is 35.8 Å². The lowest BCUT2D eigenvalue weighted by Gasteiger charge is -2.23. The van der Waals surface area contributed by atoms with Crippen molar-refractivity contribution in [2.75, 3.05) is 60.7 Å². The predicted molar refractivity (Wildman–Crippen MR) is 224 cm³/mol. The first-order valence-electron chi connectivity index (χ1n) is 22.8. The van der Waals surface area contributed by atoms with E-state index in [0.717, 1.165) is 56.0 Å². The van der Waals surface area contributed by atoms with Gasteiger partial charge in [-0.15, -0.1) is 0 Å². The lowest BCUT2D eigenvalue weighted by atomic mass is 10.0. The Morgan fingerprint density at radius 2 is 0.792 bits per heavy atom. The number of rotatable bonds is 44. The van der Waals surface area contributed by atoms with Gasteiger partial charge in [0.15, 0.2) is 0 Å². The Labute approximate surface area is 342 Å². The number of hydrogen-bond donors (Lipinski definition) is 1. The van der Waals surface area contributed by atoms with Crippen molar-refractivity contribution in [3.05, 3.63) is 0 Å². The number of unbranched alkanes of at least 4 members (excludes halogenated alkanes) is 29. The molecule has 9 heteroatoms. The maximum absolute atomic E-state index is 12.6. The van der Waals surface area contributed by atoms with E-state index in [9.17, 15) is 9.46 Å². The largest absolute Gasteiger partial charge is 1.00 e. The molecule has 7 nitrogen and oxygen atoms in total. The molecule has 0 aliphatic heterocycles. The number of phosphoric acid groups is 1. The summed E-state index contributed by atoms with van der Waals surface area (Å²) in [4.78, 5) is 10.3. The van der Waals surface area contributed by atoms with Crippen molar-refractivity contribution in [2.45, 2.75) is 225 Å². The topological polar surface area (TPSA) is 74.2 Å². The van der Waals surface area contributed by atoms with Crippen LogP contribution in [-0.2, 0) is 23.1 Å². The Bertz CT molecular complexity index is 756. The van der Waals surface area contributed by atoms with Gasteiger partial charge in [0.25, 0.3) is 0 Å². The molecule has 2 atom stereocenters. The molecule has 0 saturated carbocycles. The molecule has 2 unspecified atom stereocenters. The molecule has 0 aromatic carbocycles. The molecule has 322 valence electrons. The van der Waals surface area contributed by atoms with Crippen LogP contribution >= 0.6 is 7.82 Å². The minimum absolute atomic E-state index is 0. The molecule has 0 aliphatic rings. The van der Waals surface area contributed by atoms with E-state index in [4.69, 9.17) is 18.5 Å². The van der Waals surface area contributed by atoms with E-state index in [2.05, 4.69) is 35.0 Å². The minimum Gasteiger partial charge on any atom is -1.00 e. The normalized spacial score (nSPS) is 13.6. The minimum atomic E-state index is -4.12. The summed E-state index contributed by atoms with van der Waals surface area (Å²) in [5, 5.41) is 0. The van der Waals surface area contributed by atoms with Gasteiger partial charge in [-0.25, -0.2) is 4.57 Å². The highest BCUT2D eigenvalue weighted by atomic mass is 79.9. The Balaban J connectivity index is 0. The van der Waals surface area contributed by atoms with Crippen LogP contribution in [0, 0.1) is 0 Å². The zero-order valence-corrected chi connectivity index (χ0v) is 38.7. The molecule has 0 fully saturated rings. The highest BCUT2D eigenvalue weighted by molar-refractivity contribution is 7.47. The van der Waals surface area contributed by atoms with Gasteiger partial charge in [-0.3, -0.25) is 9.05 Å². The molecular formula is C44H93BrNO6P. The monoisotopic (exact) mass is 842 g/mol. The van der Waals surface area contributed by atoms with E-state index in [1.54, 1.807) is 0 Å². The highest BCUT2D eigenvalue weighted by Crippen LogP contribution is 2.43. The summed E-state index contributed by atoms with van der Waals surface area (Å²) < 4.78 is 36.3. The van der Waals surface area contributed by atoms with E-state index >= 15 is 0 Å². The van der Waals surface area contributed by atoms with Crippen LogP contribution in [0.2, 0.25) is 0 Å². The van der Waals surface area contributed by atoms with Gasteiger partial charge >= 0.3 is 7.82 Å². The SMILES string of the molecule is CCCCCCCCCCCCCCCCOCC(COP(=O)(O)OCCCCCC[N+](C)(C)C)OCCCCCCCCCCCCCCCC.[Br-]. The predicted octanol–water partition coefficient (Wildman–Crippen LogP) is 10.8. The maximum atomic E-state index is 12.6. The summed E-state index contributed by atoms with van der Waals surface area (Å²) in [6.07, 6.45) is 40.9. The molecule has 0 bridgehead atoms.